The first kappa shape index (κ1) is 27.1. The van der Waals surface area contributed by atoms with Crippen molar-refractivity contribution in [3.63, 3.8) is 0 Å². The lowest BCUT2D eigenvalue weighted by Crippen LogP contribution is -2.46. The number of guanidine groups is 1. The van der Waals surface area contributed by atoms with Crippen LogP contribution in [0.4, 0.5) is 4.39 Å². The van der Waals surface area contributed by atoms with E-state index in [2.05, 4.69) is 15.5 Å². The molecule has 1 fully saturated rings. The maximum atomic E-state index is 13.9. The second-order valence-corrected chi connectivity index (χ2v) is 7.47. The average molecular weight is 572 g/mol. The Balaban J connectivity index is 0.00000385. The maximum absolute atomic E-state index is 13.9. The Bertz CT molecular complexity index is 894. The van der Waals surface area contributed by atoms with Crippen LogP contribution >= 0.6 is 24.0 Å². The van der Waals surface area contributed by atoms with Gasteiger partial charge in [0.2, 0.25) is 0 Å². The summed E-state index contributed by atoms with van der Waals surface area (Å²) in [7, 11) is 3.26. The molecule has 9 heteroatoms. The standard InChI is InChI=1S/C24H33FN4O3.HI/c1-4-26-24(27-16-19-8-9-21(30-2)15-23(19)31-3)28-17-22(29-10-12-32-13-11-29)18-6-5-7-20(25)14-18;/h5-9,14-15,22H,4,10-13,16-17H2,1-3H3,(H2,26,27,28);1H. The van der Waals surface area contributed by atoms with Crippen LogP contribution in [0, 0.1) is 5.82 Å². The van der Waals surface area contributed by atoms with Crippen LogP contribution in [0.1, 0.15) is 24.1 Å². The predicted octanol–water partition coefficient (Wildman–Crippen LogP) is 3.59. The lowest BCUT2D eigenvalue weighted by Gasteiger charge is -2.35. The molecule has 33 heavy (non-hydrogen) atoms. The van der Waals surface area contributed by atoms with Crippen LogP contribution in [0.15, 0.2) is 47.5 Å². The smallest absolute Gasteiger partial charge is 0.191 e. The molecule has 2 aromatic rings. The molecule has 182 valence electrons. The first-order valence-corrected chi connectivity index (χ1v) is 10.9. The molecule has 1 saturated heterocycles. The van der Waals surface area contributed by atoms with Gasteiger partial charge in [0, 0.05) is 37.8 Å². The number of ether oxygens (including phenoxy) is 3. The van der Waals surface area contributed by atoms with Crippen molar-refractivity contribution in [1.82, 2.24) is 15.5 Å². The topological polar surface area (TPSA) is 67.4 Å². The minimum Gasteiger partial charge on any atom is -0.497 e. The molecule has 1 aliphatic heterocycles. The summed E-state index contributed by atoms with van der Waals surface area (Å²) in [5.74, 6) is 1.94. The number of rotatable bonds is 9. The van der Waals surface area contributed by atoms with Crippen LogP contribution in [0.2, 0.25) is 0 Å². The molecule has 0 spiro atoms. The molecule has 0 radical (unpaired) electrons. The minimum atomic E-state index is -0.229. The number of morpholine rings is 1. The van der Waals surface area contributed by atoms with Crippen molar-refractivity contribution in [2.75, 3.05) is 53.6 Å². The van der Waals surface area contributed by atoms with E-state index in [1.807, 2.05) is 31.2 Å². The molecule has 1 aliphatic rings. The molecule has 2 N–H and O–H groups in total. The van der Waals surface area contributed by atoms with Gasteiger partial charge in [0.1, 0.15) is 17.3 Å². The van der Waals surface area contributed by atoms with Crippen LogP contribution in [0.3, 0.4) is 0 Å². The fourth-order valence-electron chi connectivity index (χ4n) is 3.74. The molecule has 1 heterocycles. The van der Waals surface area contributed by atoms with Crippen molar-refractivity contribution in [2.45, 2.75) is 19.5 Å². The highest BCUT2D eigenvalue weighted by atomic mass is 127. The first-order valence-electron chi connectivity index (χ1n) is 10.9. The van der Waals surface area contributed by atoms with Gasteiger partial charge in [-0.25, -0.2) is 9.38 Å². The monoisotopic (exact) mass is 572 g/mol. The van der Waals surface area contributed by atoms with Crippen LogP contribution in [0.5, 0.6) is 11.5 Å². The fourth-order valence-corrected chi connectivity index (χ4v) is 3.74. The largest absolute Gasteiger partial charge is 0.497 e. The summed E-state index contributed by atoms with van der Waals surface area (Å²) >= 11 is 0. The van der Waals surface area contributed by atoms with E-state index >= 15 is 0 Å². The van der Waals surface area contributed by atoms with Crippen LogP contribution in [-0.4, -0.2) is 64.5 Å². The van der Waals surface area contributed by atoms with E-state index in [4.69, 9.17) is 19.2 Å². The summed E-state index contributed by atoms with van der Waals surface area (Å²) in [4.78, 5) is 7.05. The number of hydrogen-bond acceptors (Lipinski definition) is 5. The zero-order chi connectivity index (χ0) is 22.8. The molecule has 3 rings (SSSR count). The van der Waals surface area contributed by atoms with Gasteiger partial charge >= 0.3 is 0 Å². The molecule has 1 unspecified atom stereocenters. The lowest BCUT2D eigenvalue weighted by molar-refractivity contribution is 0.0169. The zero-order valence-electron chi connectivity index (χ0n) is 19.5. The van der Waals surface area contributed by atoms with E-state index in [-0.39, 0.29) is 35.8 Å². The zero-order valence-corrected chi connectivity index (χ0v) is 21.8. The van der Waals surface area contributed by atoms with Gasteiger partial charge in [-0.05, 0) is 36.8 Å². The van der Waals surface area contributed by atoms with Crippen molar-refractivity contribution in [3.05, 3.63) is 59.4 Å². The second kappa shape index (κ2) is 14.2. The van der Waals surface area contributed by atoms with E-state index in [1.165, 1.54) is 6.07 Å². The summed E-state index contributed by atoms with van der Waals surface area (Å²) in [5.41, 5.74) is 1.90. The third-order valence-corrected chi connectivity index (χ3v) is 5.43. The number of halogens is 2. The van der Waals surface area contributed by atoms with Crippen molar-refractivity contribution in [1.29, 1.82) is 0 Å². The quantitative estimate of drug-likeness (QED) is 0.272. The number of nitrogens with zero attached hydrogens (tertiary/aromatic N) is 2. The fraction of sp³-hybridized carbons (Fsp3) is 0.458. The lowest BCUT2D eigenvalue weighted by atomic mass is 10.0. The molecule has 0 bridgehead atoms. The van der Waals surface area contributed by atoms with Crippen molar-refractivity contribution in [2.24, 2.45) is 4.99 Å². The Morgan fingerprint density at radius 3 is 2.58 bits per heavy atom. The van der Waals surface area contributed by atoms with Gasteiger partial charge < -0.3 is 24.8 Å². The third-order valence-electron chi connectivity index (χ3n) is 5.43. The molecule has 7 nitrogen and oxygen atoms in total. The van der Waals surface area contributed by atoms with Crippen molar-refractivity contribution < 1.29 is 18.6 Å². The average Bonchev–Trinajstić information content (AvgIpc) is 2.83. The van der Waals surface area contributed by atoms with Gasteiger partial charge in [-0.3, -0.25) is 4.90 Å². The van der Waals surface area contributed by atoms with Gasteiger partial charge in [0.05, 0.1) is 40.0 Å². The van der Waals surface area contributed by atoms with Crippen molar-refractivity contribution >= 4 is 29.9 Å². The van der Waals surface area contributed by atoms with Crippen LogP contribution < -0.4 is 20.1 Å². The van der Waals surface area contributed by atoms with E-state index in [0.717, 1.165) is 42.3 Å². The van der Waals surface area contributed by atoms with E-state index in [1.54, 1.807) is 26.4 Å². The van der Waals surface area contributed by atoms with Gasteiger partial charge in [-0.15, -0.1) is 24.0 Å². The Morgan fingerprint density at radius 1 is 1.12 bits per heavy atom. The summed E-state index contributed by atoms with van der Waals surface area (Å²) < 4.78 is 30.2. The molecule has 0 saturated carbocycles. The SMILES string of the molecule is CCNC(=NCc1ccc(OC)cc1OC)NCC(c1cccc(F)c1)N1CCOCC1.I. The number of nitrogens with one attached hydrogen (secondary N) is 2. The summed E-state index contributed by atoms with van der Waals surface area (Å²) in [6, 6.07) is 12.5. The number of benzene rings is 2. The van der Waals surface area contributed by atoms with E-state index < -0.39 is 0 Å². The Labute approximate surface area is 212 Å². The molecular weight excluding hydrogens is 538 g/mol. The highest BCUT2D eigenvalue weighted by Crippen LogP contribution is 2.25. The molecular formula is C24H34FIN4O3. The third kappa shape index (κ3) is 8.01. The minimum absolute atomic E-state index is 0. The van der Waals surface area contributed by atoms with Crippen LogP contribution in [0.25, 0.3) is 0 Å². The molecule has 0 aromatic heterocycles. The Hall–Kier alpha value is -2.11. The Morgan fingerprint density at radius 2 is 1.91 bits per heavy atom. The second-order valence-electron chi connectivity index (χ2n) is 7.47. The molecule has 0 amide bonds. The van der Waals surface area contributed by atoms with Crippen molar-refractivity contribution in [3.8, 4) is 11.5 Å². The van der Waals surface area contributed by atoms with Gasteiger partial charge in [-0.1, -0.05) is 12.1 Å². The van der Waals surface area contributed by atoms with E-state index in [0.29, 0.717) is 32.3 Å². The highest BCUT2D eigenvalue weighted by molar-refractivity contribution is 14.0. The summed E-state index contributed by atoms with van der Waals surface area (Å²) in [5, 5.41) is 6.72. The highest BCUT2D eigenvalue weighted by Gasteiger charge is 2.23. The number of hydrogen-bond donors (Lipinski definition) is 2. The summed E-state index contributed by atoms with van der Waals surface area (Å²) in [6.45, 7) is 6.76. The molecule has 0 aliphatic carbocycles. The predicted molar refractivity (Wildman–Crippen MR) is 139 cm³/mol. The van der Waals surface area contributed by atoms with Gasteiger partial charge in [0.25, 0.3) is 0 Å². The molecule has 2 aromatic carbocycles. The Kier molecular flexibility index (Phi) is 11.7. The van der Waals surface area contributed by atoms with Gasteiger partial charge in [0.15, 0.2) is 5.96 Å². The van der Waals surface area contributed by atoms with E-state index in [9.17, 15) is 4.39 Å². The first-order chi connectivity index (χ1) is 15.6. The van der Waals surface area contributed by atoms with Gasteiger partial charge in [-0.2, -0.15) is 0 Å². The molecule has 1 atom stereocenters. The number of methoxy groups -OCH3 is 2. The summed E-state index contributed by atoms with van der Waals surface area (Å²) in [6.07, 6.45) is 0. The van der Waals surface area contributed by atoms with Crippen LogP contribution in [-0.2, 0) is 11.3 Å². The maximum Gasteiger partial charge on any atom is 0.191 e. The normalized spacial score (nSPS) is 15.3. The number of aliphatic imine (C=N–C) groups is 1.